The van der Waals surface area contributed by atoms with E-state index in [0.717, 1.165) is 11.1 Å². The standard InChI is InChI=1S/C12H12BrNO2/c1-15-11-5-9(6-14)4-10(13)12(11)16-7-8-2-3-8/h4-5,8H,2-3,7H2,1H3. The Morgan fingerprint density at radius 1 is 1.50 bits per heavy atom. The van der Waals surface area contributed by atoms with E-state index in [2.05, 4.69) is 22.0 Å². The molecule has 1 aromatic rings. The van der Waals surface area contributed by atoms with Crippen molar-refractivity contribution in [1.29, 1.82) is 5.26 Å². The molecular formula is C12H12BrNO2. The molecule has 2 rings (SSSR count). The summed E-state index contributed by atoms with van der Waals surface area (Å²) < 4.78 is 11.7. The molecule has 0 aliphatic heterocycles. The van der Waals surface area contributed by atoms with Crippen LogP contribution < -0.4 is 9.47 Å². The molecule has 1 aliphatic carbocycles. The Labute approximate surface area is 103 Å². The lowest BCUT2D eigenvalue weighted by atomic mass is 10.2. The van der Waals surface area contributed by atoms with E-state index in [1.54, 1.807) is 19.2 Å². The number of nitriles is 1. The highest BCUT2D eigenvalue weighted by molar-refractivity contribution is 9.10. The normalized spacial score (nSPS) is 14.3. The van der Waals surface area contributed by atoms with Gasteiger partial charge in [-0.05, 0) is 40.8 Å². The first-order chi connectivity index (χ1) is 7.74. The Bertz CT molecular complexity index is 435. The molecule has 3 nitrogen and oxygen atoms in total. The van der Waals surface area contributed by atoms with Crippen molar-refractivity contribution in [3.63, 3.8) is 0 Å². The molecule has 0 radical (unpaired) electrons. The number of nitrogens with zero attached hydrogens (tertiary/aromatic N) is 1. The first kappa shape index (κ1) is 11.3. The largest absolute Gasteiger partial charge is 0.493 e. The van der Waals surface area contributed by atoms with Crippen molar-refractivity contribution in [3.05, 3.63) is 22.2 Å². The Hall–Kier alpha value is -1.21. The molecule has 84 valence electrons. The molecular weight excluding hydrogens is 270 g/mol. The van der Waals surface area contributed by atoms with Crippen LogP contribution in [0.2, 0.25) is 0 Å². The quantitative estimate of drug-likeness (QED) is 0.852. The molecule has 0 amide bonds. The van der Waals surface area contributed by atoms with E-state index in [0.29, 0.717) is 23.0 Å². The molecule has 1 aliphatic rings. The zero-order valence-corrected chi connectivity index (χ0v) is 10.6. The maximum absolute atomic E-state index is 8.83. The summed E-state index contributed by atoms with van der Waals surface area (Å²) in [5, 5.41) is 8.83. The van der Waals surface area contributed by atoms with Gasteiger partial charge in [0, 0.05) is 6.07 Å². The van der Waals surface area contributed by atoms with E-state index in [-0.39, 0.29) is 0 Å². The monoisotopic (exact) mass is 281 g/mol. The van der Waals surface area contributed by atoms with Crippen LogP contribution in [0.4, 0.5) is 0 Å². The number of benzene rings is 1. The zero-order chi connectivity index (χ0) is 11.5. The van der Waals surface area contributed by atoms with E-state index >= 15 is 0 Å². The molecule has 0 heterocycles. The third-order valence-electron chi connectivity index (χ3n) is 2.52. The van der Waals surface area contributed by atoms with Crippen LogP contribution in [-0.4, -0.2) is 13.7 Å². The highest BCUT2D eigenvalue weighted by atomic mass is 79.9. The lowest BCUT2D eigenvalue weighted by Crippen LogP contribution is -2.02. The van der Waals surface area contributed by atoms with Crippen LogP contribution in [0, 0.1) is 17.2 Å². The van der Waals surface area contributed by atoms with Gasteiger partial charge in [-0.2, -0.15) is 5.26 Å². The van der Waals surface area contributed by atoms with E-state index in [9.17, 15) is 0 Å². The number of methoxy groups -OCH3 is 1. The summed E-state index contributed by atoms with van der Waals surface area (Å²) in [6, 6.07) is 5.51. The number of rotatable bonds is 4. The van der Waals surface area contributed by atoms with E-state index in [1.165, 1.54) is 12.8 Å². The van der Waals surface area contributed by atoms with Crippen LogP contribution in [0.25, 0.3) is 0 Å². The van der Waals surface area contributed by atoms with E-state index in [1.807, 2.05) is 0 Å². The van der Waals surface area contributed by atoms with Gasteiger partial charge < -0.3 is 9.47 Å². The van der Waals surface area contributed by atoms with Crippen LogP contribution in [0.5, 0.6) is 11.5 Å². The third-order valence-corrected chi connectivity index (χ3v) is 3.11. The number of hydrogen-bond donors (Lipinski definition) is 0. The fourth-order valence-electron chi connectivity index (χ4n) is 1.41. The summed E-state index contributed by atoms with van der Waals surface area (Å²) in [6.07, 6.45) is 2.49. The molecule has 0 aromatic heterocycles. The second kappa shape index (κ2) is 4.75. The van der Waals surface area contributed by atoms with E-state index in [4.69, 9.17) is 14.7 Å². The molecule has 0 spiro atoms. The number of ether oxygens (including phenoxy) is 2. The van der Waals surface area contributed by atoms with Crippen LogP contribution in [0.1, 0.15) is 18.4 Å². The van der Waals surface area contributed by atoms with Crippen LogP contribution in [-0.2, 0) is 0 Å². The molecule has 1 saturated carbocycles. The molecule has 0 unspecified atom stereocenters. The fourth-order valence-corrected chi connectivity index (χ4v) is 1.97. The van der Waals surface area contributed by atoms with Gasteiger partial charge in [0.15, 0.2) is 11.5 Å². The molecule has 4 heteroatoms. The minimum atomic E-state index is 0.558. The maximum atomic E-state index is 8.83. The topological polar surface area (TPSA) is 42.2 Å². The summed E-state index contributed by atoms with van der Waals surface area (Å²) in [6.45, 7) is 0.723. The predicted molar refractivity (Wildman–Crippen MR) is 63.6 cm³/mol. The van der Waals surface area contributed by atoms with Gasteiger partial charge in [0.05, 0.1) is 29.8 Å². The summed E-state index contributed by atoms with van der Waals surface area (Å²) in [5.74, 6) is 1.98. The fraction of sp³-hybridized carbons (Fsp3) is 0.417. The first-order valence-electron chi connectivity index (χ1n) is 5.15. The average molecular weight is 282 g/mol. The van der Waals surface area contributed by atoms with Crippen LogP contribution >= 0.6 is 15.9 Å². The Morgan fingerprint density at radius 2 is 2.25 bits per heavy atom. The zero-order valence-electron chi connectivity index (χ0n) is 9.00. The van der Waals surface area contributed by atoms with Gasteiger partial charge in [0.25, 0.3) is 0 Å². The predicted octanol–water partition coefficient (Wildman–Crippen LogP) is 3.12. The van der Waals surface area contributed by atoms with Gasteiger partial charge in [-0.1, -0.05) is 0 Å². The van der Waals surface area contributed by atoms with E-state index < -0.39 is 0 Å². The van der Waals surface area contributed by atoms with Crippen molar-refractivity contribution in [2.24, 2.45) is 5.92 Å². The molecule has 0 bridgehead atoms. The summed E-state index contributed by atoms with van der Waals surface area (Å²) in [4.78, 5) is 0. The molecule has 1 aromatic carbocycles. The smallest absolute Gasteiger partial charge is 0.175 e. The van der Waals surface area contributed by atoms with Gasteiger partial charge in [0.1, 0.15) is 0 Å². The van der Waals surface area contributed by atoms with Crippen LogP contribution in [0.15, 0.2) is 16.6 Å². The highest BCUT2D eigenvalue weighted by Crippen LogP contribution is 2.38. The Kier molecular flexibility index (Phi) is 3.35. The Morgan fingerprint density at radius 3 is 2.81 bits per heavy atom. The second-order valence-corrected chi connectivity index (χ2v) is 4.71. The third kappa shape index (κ3) is 2.48. The molecule has 0 N–H and O–H groups in total. The lowest BCUT2D eigenvalue weighted by Gasteiger charge is -2.12. The minimum Gasteiger partial charge on any atom is -0.493 e. The van der Waals surface area contributed by atoms with Gasteiger partial charge in [0.2, 0.25) is 0 Å². The average Bonchev–Trinajstić information content (AvgIpc) is 3.10. The lowest BCUT2D eigenvalue weighted by molar-refractivity contribution is 0.278. The number of hydrogen-bond acceptors (Lipinski definition) is 3. The molecule has 0 atom stereocenters. The summed E-state index contributed by atoms with van der Waals surface area (Å²) >= 11 is 3.39. The van der Waals surface area contributed by atoms with Crippen LogP contribution in [0.3, 0.4) is 0 Å². The SMILES string of the molecule is COc1cc(C#N)cc(Br)c1OCC1CC1. The van der Waals surface area contributed by atoms with Gasteiger partial charge in [-0.25, -0.2) is 0 Å². The summed E-state index contributed by atoms with van der Waals surface area (Å²) in [5.41, 5.74) is 0.558. The van der Waals surface area contributed by atoms with Crippen molar-refractivity contribution >= 4 is 15.9 Å². The van der Waals surface area contributed by atoms with Crippen molar-refractivity contribution < 1.29 is 9.47 Å². The van der Waals surface area contributed by atoms with Crippen molar-refractivity contribution in [3.8, 4) is 17.6 Å². The van der Waals surface area contributed by atoms with Gasteiger partial charge >= 0.3 is 0 Å². The summed E-state index contributed by atoms with van der Waals surface area (Å²) in [7, 11) is 1.58. The van der Waals surface area contributed by atoms with Gasteiger partial charge in [-0.15, -0.1) is 0 Å². The van der Waals surface area contributed by atoms with Crippen molar-refractivity contribution in [1.82, 2.24) is 0 Å². The first-order valence-corrected chi connectivity index (χ1v) is 5.94. The number of halogens is 1. The second-order valence-electron chi connectivity index (χ2n) is 3.86. The Balaban J connectivity index is 2.23. The maximum Gasteiger partial charge on any atom is 0.175 e. The highest BCUT2D eigenvalue weighted by Gasteiger charge is 2.23. The molecule has 16 heavy (non-hydrogen) atoms. The molecule has 1 fully saturated rings. The molecule has 0 saturated heterocycles. The van der Waals surface area contributed by atoms with Crippen molar-refractivity contribution in [2.45, 2.75) is 12.8 Å². The van der Waals surface area contributed by atoms with Gasteiger partial charge in [-0.3, -0.25) is 0 Å². The minimum absolute atomic E-state index is 0.558. The van der Waals surface area contributed by atoms with Crippen molar-refractivity contribution in [2.75, 3.05) is 13.7 Å².